The van der Waals surface area contributed by atoms with Crippen LogP contribution in [0.3, 0.4) is 0 Å². The third kappa shape index (κ3) is 7.74. The topological polar surface area (TPSA) is 74.8 Å². The van der Waals surface area contributed by atoms with Gasteiger partial charge < -0.3 is 19.9 Å². The van der Waals surface area contributed by atoms with Crippen LogP contribution in [-0.2, 0) is 4.74 Å². The summed E-state index contributed by atoms with van der Waals surface area (Å²) in [5.74, 6) is 0.405. The van der Waals surface area contributed by atoms with Crippen LogP contribution in [0.15, 0.2) is 30.5 Å². The van der Waals surface area contributed by atoms with Crippen LogP contribution < -0.4 is 10.2 Å². The lowest BCUT2D eigenvalue weighted by atomic mass is 9.94. The van der Waals surface area contributed by atoms with Crippen LogP contribution in [0.4, 0.5) is 15.9 Å². The number of morpholine rings is 1. The highest BCUT2D eigenvalue weighted by Crippen LogP contribution is 2.28. The summed E-state index contributed by atoms with van der Waals surface area (Å²) in [6.07, 6.45) is 4.87. The van der Waals surface area contributed by atoms with Crippen LogP contribution >= 0.6 is 0 Å². The molecule has 8 heteroatoms. The molecule has 2 aromatic rings. The number of rotatable bonds is 5. The van der Waals surface area contributed by atoms with Crippen LogP contribution in [0.25, 0.3) is 0 Å². The standard InChI is InChI=1S/C25H31FN4O3.C4H10/c1-17-14-18(2)21(15-20(17)24(32)30-8-6-25(3,26)7-9-30)28-23(31)19-4-5-22(27-16-19)29-10-12-33-13-11-29;1-3-4-2/h4-5,14-16H,6-13H2,1-3H3,(H,28,31);3-4H2,1-2H3. The molecule has 0 aliphatic carbocycles. The summed E-state index contributed by atoms with van der Waals surface area (Å²) in [5, 5.41) is 2.92. The van der Waals surface area contributed by atoms with Crippen molar-refractivity contribution >= 4 is 23.3 Å². The molecular weight excluding hydrogens is 471 g/mol. The first-order chi connectivity index (χ1) is 17.6. The molecule has 37 heavy (non-hydrogen) atoms. The lowest BCUT2D eigenvalue weighted by Gasteiger charge is -2.34. The monoisotopic (exact) mass is 512 g/mol. The van der Waals surface area contributed by atoms with Gasteiger partial charge in [-0.3, -0.25) is 9.59 Å². The van der Waals surface area contributed by atoms with Crippen molar-refractivity contribution in [3.05, 3.63) is 52.7 Å². The van der Waals surface area contributed by atoms with Gasteiger partial charge in [0.1, 0.15) is 11.5 Å². The fourth-order valence-corrected chi connectivity index (χ4v) is 4.26. The highest BCUT2D eigenvalue weighted by Gasteiger charge is 2.32. The molecule has 0 bridgehead atoms. The normalized spacial score (nSPS) is 17.0. The van der Waals surface area contributed by atoms with E-state index in [0.29, 0.717) is 56.0 Å². The third-order valence-electron chi connectivity index (χ3n) is 6.99. The number of hydrogen-bond acceptors (Lipinski definition) is 5. The van der Waals surface area contributed by atoms with Gasteiger partial charge in [-0.1, -0.05) is 32.8 Å². The molecule has 0 atom stereocenters. The Morgan fingerprint density at radius 3 is 2.24 bits per heavy atom. The number of aromatic nitrogens is 1. The molecule has 202 valence electrons. The second-order valence-electron chi connectivity index (χ2n) is 10.1. The van der Waals surface area contributed by atoms with Crippen molar-refractivity contribution in [2.75, 3.05) is 49.6 Å². The van der Waals surface area contributed by atoms with Crippen LogP contribution in [0.5, 0.6) is 0 Å². The number of amides is 2. The predicted octanol–water partition coefficient (Wildman–Crippen LogP) is 5.56. The van der Waals surface area contributed by atoms with Crippen molar-refractivity contribution in [1.29, 1.82) is 0 Å². The van der Waals surface area contributed by atoms with E-state index in [1.54, 1.807) is 30.2 Å². The average Bonchev–Trinajstić information content (AvgIpc) is 2.90. The maximum absolute atomic E-state index is 14.1. The van der Waals surface area contributed by atoms with Crippen molar-refractivity contribution < 1.29 is 18.7 Å². The van der Waals surface area contributed by atoms with Gasteiger partial charge in [0, 0.05) is 43.6 Å². The molecule has 0 saturated carbocycles. The number of ether oxygens (including phenoxy) is 1. The number of piperidine rings is 1. The van der Waals surface area contributed by atoms with Crippen LogP contribution in [0.1, 0.15) is 78.3 Å². The number of alkyl halides is 1. The van der Waals surface area contributed by atoms with E-state index in [-0.39, 0.29) is 11.8 Å². The Kier molecular flexibility index (Phi) is 10.0. The predicted molar refractivity (Wildman–Crippen MR) is 146 cm³/mol. The van der Waals surface area contributed by atoms with Gasteiger partial charge in [0.2, 0.25) is 0 Å². The molecule has 1 aromatic carbocycles. The Hall–Kier alpha value is -3.00. The average molecular weight is 513 g/mol. The Morgan fingerprint density at radius 2 is 1.68 bits per heavy atom. The number of halogens is 1. The summed E-state index contributed by atoms with van der Waals surface area (Å²) in [6.45, 7) is 13.4. The zero-order valence-electron chi connectivity index (χ0n) is 22.9. The minimum absolute atomic E-state index is 0.130. The molecule has 0 spiro atoms. The van der Waals surface area contributed by atoms with Crippen molar-refractivity contribution in [2.45, 2.75) is 66.0 Å². The van der Waals surface area contributed by atoms with E-state index in [2.05, 4.69) is 29.0 Å². The summed E-state index contributed by atoms with van der Waals surface area (Å²) < 4.78 is 19.5. The smallest absolute Gasteiger partial charge is 0.257 e. The van der Waals surface area contributed by atoms with Crippen molar-refractivity contribution in [1.82, 2.24) is 9.88 Å². The van der Waals surface area contributed by atoms with Crippen LogP contribution in [0.2, 0.25) is 0 Å². The molecule has 1 N–H and O–H groups in total. The number of hydrogen-bond donors (Lipinski definition) is 1. The van der Waals surface area contributed by atoms with E-state index >= 15 is 0 Å². The first-order valence-corrected chi connectivity index (χ1v) is 13.3. The molecule has 2 aliphatic heterocycles. The number of anilines is 2. The number of carbonyl (C=O) groups is 2. The Balaban J connectivity index is 0.000000886. The van der Waals surface area contributed by atoms with Gasteiger partial charge in [0.25, 0.3) is 11.8 Å². The highest BCUT2D eigenvalue weighted by molar-refractivity contribution is 6.05. The molecule has 7 nitrogen and oxygen atoms in total. The van der Waals surface area contributed by atoms with Gasteiger partial charge in [-0.25, -0.2) is 9.37 Å². The number of nitrogens with one attached hydrogen (secondary N) is 1. The minimum atomic E-state index is -1.22. The summed E-state index contributed by atoms with van der Waals surface area (Å²) in [6, 6.07) is 7.21. The zero-order chi connectivity index (χ0) is 27.0. The number of pyridine rings is 1. The Labute approximate surface area is 220 Å². The number of likely N-dealkylation sites (tertiary alicyclic amines) is 1. The van der Waals surface area contributed by atoms with Crippen molar-refractivity contribution in [3.63, 3.8) is 0 Å². The number of carbonyl (C=O) groups excluding carboxylic acids is 2. The fraction of sp³-hybridized carbons (Fsp3) is 0.552. The molecular formula is C29H41FN4O3. The first kappa shape index (κ1) is 28.6. The van der Waals surface area contributed by atoms with E-state index in [0.717, 1.165) is 30.0 Å². The number of unbranched alkanes of at least 4 members (excludes halogenated alkanes) is 1. The van der Waals surface area contributed by atoms with Gasteiger partial charge in [-0.2, -0.15) is 0 Å². The van der Waals surface area contributed by atoms with Gasteiger partial charge in [0.05, 0.1) is 18.8 Å². The second kappa shape index (κ2) is 13.0. The molecule has 2 aliphatic rings. The molecule has 3 heterocycles. The summed E-state index contributed by atoms with van der Waals surface area (Å²) in [7, 11) is 0. The lowest BCUT2D eigenvalue weighted by molar-refractivity contribution is 0.0503. The summed E-state index contributed by atoms with van der Waals surface area (Å²) >= 11 is 0. The Morgan fingerprint density at radius 1 is 1.03 bits per heavy atom. The van der Waals surface area contributed by atoms with Gasteiger partial charge >= 0.3 is 0 Å². The maximum atomic E-state index is 14.1. The summed E-state index contributed by atoms with van der Waals surface area (Å²) in [4.78, 5) is 34.2. The van der Waals surface area contributed by atoms with E-state index in [1.807, 2.05) is 26.0 Å². The molecule has 0 radical (unpaired) electrons. The van der Waals surface area contributed by atoms with Crippen molar-refractivity contribution in [3.8, 4) is 0 Å². The summed E-state index contributed by atoms with van der Waals surface area (Å²) in [5.41, 5.74) is 2.03. The fourth-order valence-electron chi connectivity index (χ4n) is 4.26. The largest absolute Gasteiger partial charge is 0.378 e. The van der Waals surface area contributed by atoms with Crippen LogP contribution in [0, 0.1) is 13.8 Å². The zero-order valence-corrected chi connectivity index (χ0v) is 22.9. The van der Waals surface area contributed by atoms with E-state index in [1.165, 1.54) is 12.8 Å². The minimum Gasteiger partial charge on any atom is -0.378 e. The van der Waals surface area contributed by atoms with E-state index in [9.17, 15) is 14.0 Å². The SMILES string of the molecule is CCCC.Cc1cc(C)c(C(=O)N2CCC(C)(F)CC2)cc1NC(=O)c1ccc(N2CCOCC2)nc1. The molecule has 0 unspecified atom stereocenters. The van der Waals surface area contributed by atoms with E-state index in [4.69, 9.17) is 4.74 Å². The first-order valence-electron chi connectivity index (χ1n) is 13.3. The maximum Gasteiger partial charge on any atom is 0.257 e. The third-order valence-corrected chi connectivity index (χ3v) is 6.99. The van der Waals surface area contributed by atoms with Gasteiger partial charge in [-0.05, 0) is 62.9 Å². The molecule has 2 fully saturated rings. The second-order valence-corrected chi connectivity index (χ2v) is 10.1. The molecule has 4 rings (SSSR count). The Bertz CT molecular complexity index is 1050. The van der Waals surface area contributed by atoms with Crippen molar-refractivity contribution in [2.24, 2.45) is 0 Å². The lowest BCUT2D eigenvalue weighted by Crippen LogP contribution is -2.43. The molecule has 2 amide bonds. The van der Waals surface area contributed by atoms with Gasteiger partial charge in [-0.15, -0.1) is 0 Å². The van der Waals surface area contributed by atoms with Gasteiger partial charge in [0.15, 0.2) is 0 Å². The quantitative estimate of drug-likeness (QED) is 0.568. The van der Waals surface area contributed by atoms with Crippen LogP contribution in [-0.4, -0.2) is 66.8 Å². The molecule has 2 saturated heterocycles. The number of nitrogens with zero attached hydrogens (tertiary/aromatic N) is 3. The van der Waals surface area contributed by atoms with E-state index < -0.39 is 5.67 Å². The number of aryl methyl sites for hydroxylation is 2. The number of benzene rings is 1. The molecule has 1 aromatic heterocycles. The highest BCUT2D eigenvalue weighted by atomic mass is 19.1.